The minimum Gasteiger partial charge on any atom is -0.490 e. The molecule has 0 aromatic heterocycles. The van der Waals surface area contributed by atoms with E-state index in [0.717, 1.165) is 4.31 Å². The first kappa shape index (κ1) is 25.7. The Kier molecular flexibility index (Phi) is 8.82. The Morgan fingerprint density at radius 3 is 2.29 bits per heavy atom. The summed E-state index contributed by atoms with van der Waals surface area (Å²) in [5, 5.41) is 2.53. The van der Waals surface area contributed by atoms with Gasteiger partial charge in [-0.15, -0.1) is 0 Å². The van der Waals surface area contributed by atoms with Crippen LogP contribution in [0.3, 0.4) is 0 Å². The van der Waals surface area contributed by atoms with Gasteiger partial charge >= 0.3 is 5.97 Å². The molecule has 0 aliphatic carbocycles. The number of para-hydroxylation sites is 2. The molecule has 0 atom stereocenters. The summed E-state index contributed by atoms with van der Waals surface area (Å²) < 4.78 is 42.0. The van der Waals surface area contributed by atoms with Gasteiger partial charge in [0.2, 0.25) is 10.0 Å². The van der Waals surface area contributed by atoms with E-state index in [9.17, 15) is 18.0 Å². The van der Waals surface area contributed by atoms with Crippen molar-refractivity contribution < 1.29 is 32.2 Å². The van der Waals surface area contributed by atoms with Gasteiger partial charge in [0, 0.05) is 19.8 Å². The van der Waals surface area contributed by atoms with E-state index in [-0.39, 0.29) is 29.4 Å². The maximum atomic E-state index is 12.5. The fraction of sp³-hybridized carbons (Fsp3) is 0.200. The van der Waals surface area contributed by atoms with Crippen LogP contribution in [0.1, 0.15) is 10.4 Å². The number of rotatable bonds is 11. The number of hydrogen-bond donors (Lipinski definition) is 1. The average molecular weight is 499 g/mol. The van der Waals surface area contributed by atoms with E-state index in [1.165, 1.54) is 44.4 Å². The van der Waals surface area contributed by atoms with Crippen LogP contribution < -0.4 is 14.8 Å². The molecule has 1 N–H and O–H groups in total. The van der Waals surface area contributed by atoms with Gasteiger partial charge in [0.05, 0.1) is 4.90 Å². The molecule has 1 amide bonds. The molecule has 0 spiro atoms. The Morgan fingerprint density at radius 1 is 0.857 bits per heavy atom. The highest BCUT2D eigenvalue weighted by atomic mass is 32.2. The molecule has 9 nitrogen and oxygen atoms in total. The van der Waals surface area contributed by atoms with Crippen LogP contribution in [0, 0.1) is 0 Å². The second-order valence-corrected chi connectivity index (χ2v) is 9.60. The second-order valence-electron chi connectivity index (χ2n) is 7.45. The SMILES string of the molecule is CN(C)S(=O)(=O)c1cccc(NC(=O)COC(=O)c2ccccc2OCCOc2ccccc2)c1. The van der Waals surface area contributed by atoms with Crippen LogP contribution in [0.2, 0.25) is 0 Å². The molecule has 3 aromatic carbocycles. The molecule has 3 rings (SSSR count). The van der Waals surface area contributed by atoms with E-state index in [2.05, 4.69) is 5.32 Å². The predicted octanol–water partition coefficient (Wildman–Crippen LogP) is 3.19. The molecule has 0 fully saturated rings. The second kappa shape index (κ2) is 12.0. The molecular weight excluding hydrogens is 472 g/mol. The largest absolute Gasteiger partial charge is 0.490 e. The predicted molar refractivity (Wildman–Crippen MR) is 130 cm³/mol. The number of nitrogens with one attached hydrogen (secondary N) is 1. The topological polar surface area (TPSA) is 111 Å². The Balaban J connectivity index is 1.53. The number of amides is 1. The Labute approximate surface area is 204 Å². The molecule has 0 heterocycles. The third-order valence-electron chi connectivity index (χ3n) is 4.69. The highest BCUT2D eigenvalue weighted by Gasteiger charge is 2.19. The number of ether oxygens (including phenoxy) is 3. The minimum atomic E-state index is -3.65. The average Bonchev–Trinajstić information content (AvgIpc) is 2.86. The molecule has 0 aliphatic rings. The molecule has 0 aliphatic heterocycles. The lowest BCUT2D eigenvalue weighted by Crippen LogP contribution is -2.23. The molecule has 184 valence electrons. The number of carbonyl (C=O) groups excluding carboxylic acids is 2. The third-order valence-corrected chi connectivity index (χ3v) is 6.50. The van der Waals surface area contributed by atoms with Gasteiger partial charge in [-0.05, 0) is 42.5 Å². The molecule has 0 saturated carbocycles. The standard InChI is InChI=1S/C25H26N2O7S/c1-27(2)35(30,31)21-12-8-9-19(17-21)26-24(28)18-34-25(29)22-13-6-7-14-23(22)33-16-15-32-20-10-4-3-5-11-20/h3-14,17H,15-16,18H2,1-2H3,(H,26,28). The lowest BCUT2D eigenvalue weighted by Gasteiger charge is -2.13. The summed E-state index contributed by atoms with van der Waals surface area (Å²) in [4.78, 5) is 24.8. The monoisotopic (exact) mass is 498 g/mol. The van der Waals surface area contributed by atoms with Crippen LogP contribution in [-0.2, 0) is 19.6 Å². The summed E-state index contributed by atoms with van der Waals surface area (Å²) in [5.41, 5.74) is 0.426. The number of benzene rings is 3. The zero-order chi connectivity index (χ0) is 25.3. The smallest absolute Gasteiger partial charge is 0.342 e. The first-order chi connectivity index (χ1) is 16.8. The van der Waals surface area contributed by atoms with Crippen LogP contribution in [0.25, 0.3) is 0 Å². The first-order valence-corrected chi connectivity index (χ1v) is 12.1. The quantitative estimate of drug-likeness (QED) is 0.319. The fourth-order valence-electron chi connectivity index (χ4n) is 2.94. The summed E-state index contributed by atoms with van der Waals surface area (Å²) in [6, 6.07) is 21.6. The van der Waals surface area contributed by atoms with Crippen molar-refractivity contribution in [1.29, 1.82) is 0 Å². The molecule has 3 aromatic rings. The number of esters is 1. The Hall–Kier alpha value is -3.89. The number of carbonyl (C=O) groups is 2. The van der Waals surface area contributed by atoms with Gasteiger partial charge in [0.1, 0.15) is 30.3 Å². The molecule has 10 heteroatoms. The van der Waals surface area contributed by atoms with Gasteiger partial charge in [0.15, 0.2) is 6.61 Å². The number of hydrogen-bond acceptors (Lipinski definition) is 7. The van der Waals surface area contributed by atoms with E-state index >= 15 is 0 Å². The van der Waals surface area contributed by atoms with Crippen molar-refractivity contribution in [3.63, 3.8) is 0 Å². The number of anilines is 1. The highest BCUT2D eigenvalue weighted by Crippen LogP contribution is 2.20. The van der Waals surface area contributed by atoms with Crippen LogP contribution in [-0.4, -0.2) is 58.5 Å². The summed E-state index contributed by atoms with van der Waals surface area (Å²) in [7, 11) is -0.824. The summed E-state index contributed by atoms with van der Waals surface area (Å²) >= 11 is 0. The van der Waals surface area contributed by atoms with Gasteiger partial charge in [-0.3, -0.25) is 4.79 Å². The van der Waals surface area contributed by atoms with Crippen LogP contribution in [0.5, 0.6) is 11.5 Å². The van der Waals surface area contributed by atoms with E-state index in [0.29, 0.717) is 11.5 Å². The van der Waals surface area contributed by atoms with Gasteiger partial charge in [-0.25, -0.2) is 17.5 Å². The molecular formula is C25H26N2O7S. The number of sulfonamides is 1. The Morgan fingerprint density at radius 2 is 1.54 bits per heavy atom. The normalized spacial score (nSPS) is 11.1. The molecule has 0 unspecified atom stereocenters. The number of nitrogens with zero attached hydrogens (tertiary/aromatic N) is 1. The Bertz CT molecular complexity index is 1260. The minimum absolute atomic E-state index is 0.0274. The molecule has 0 bridgehead atoms. The van der Waals surface area contributed by atoms with Crippen LogP contribution >= 0.6 is 0 Å². The zero-order valence-corrected chi connectivity index (χ0v) is 20.2. The molecule has 35 heavy (non-hydrogen) atoms. The van der Waals surface area contributed by atoms with Crippen molar-refractivity contribution in [3.8, 4) is 11.5 Å². The van der Waals surface area contributed by atoms with Crippen molar-refractivity contribution in [2.45, 2.75) is 4.90 Å². The van der Waals surface area contributed by atoms with E-state index in [1.807, 2.05) is 30.3 Å². The summed E-state index contributed by atoms with van der Waals surface area (Å²) in [6.07, 6.45) is 0. The van der Waals surface area contributed by atoms with Crippen molar-refractivity contribution in [3.05, 3.63) is 84.4 Å². The molecule has 0 radical (unpaired) electrons. The maximum Gasteiger partial charge on any atom is 0.342 e. The van der Waals surface area contributed by atoms with E-state index in [4.69, 9.17) is 14.2 Å². The van der Waals surface area contributed by atoms with Gasteiger partial charge < -0.3 is 19.5 Å². The van der Waals surface area contributed by atoms with Gasteiger partial charge in [-0.2, -0.15) is 0 Å². The van der Waals surface area contributed by atoms with Crippen molar-refractivity contribution in [2.75, 3.05) is 39.2 Å². The summed E-state index contributed by atoms with van der Waals surface area (Å²) in [6.45, 7) is -0.0841. The highest BCUT2D eigenvalue weighted by molar-refractivity contribution is 7.89. The van der Waals surface area contributed by atoms with Gasteiger partial charge in [0.25, 0.3) is 5.91 Å². The van der Waals surface area contributed by atoms with E-state index < -0.39 is 28.5 Å². The van der Waals surface area contributed by atoms with Crippen LogP contribution in [0.4, 0.5) is 5.69 Å². The molecule has 0 saturated heterocycles. The third kappa shape index (κ3) is 7.29. The lowest BCUT2D eigenvalue weighted by molar-refractivity contribution is -0.119. The summed E-state index contributed by atoms with van der Waals surface area (Å²) in [5.74, 6) is -0.341. The van der Waals surface area contributed by atoms with Crippen LogP contribution in [0.15, 0.2) is 83.8 Å². The zero-order valence-electron chi connectivity index (χ0n) is 19.3. The first-order valence-electron chi connectivity index (χ1n) is 10.7. The van der Waals surface area contributed by atoms with Crippen molar-refractivity contribution >= 4 is 27.6 Å². The van der Waals surface area contributed by atoms with Gasteiger partial charge in [-0.1, -0.05) is 36.4 Å². The lowest BCUT2D eigenvalue weighted by atomic mass is 10.2. The van der Waals surface area contributed by atoms with Crippen molar-refractivity contribution in [2.24, 2.45) is 0 Å². The van der Waals surface area contributed by atoms with E-state index in [1.54, 1.807) is 18.2 Å². The fourth-order valence-corrected chi connectivity index (χ4v) is 3.89. The maximum absolute atomic E-state index is 12.5. The van der Waals surface area contributed by atoms with Crippen molar-refractivity contribution in [1.82, 2.24) is 4.31 Å².